The largest absolute Gasteiger partial charge is 0.385 e. The van der Waals surface area contributed by atoms with Crippen LogP contribution in [0.4, 0.5) is 5.69 Å². The van der Waals surface area contributed by atoms with Gasteiger partial charge in [-0.05, 0) is 18.6 Å². The Morgan fingerprint density at radius 1 is 1.30 bits per heavy atom. The first-order valence-electron chi connectivity index (χ1n) is 3.50. The average molecular weight is 134 g/mol. The molecule has 1 nitrogen and oxygen atoms in total. The van der Waals surface area contributed by atoms with Crippen LogP contribution in [0.1, 0.15) is 6.92 Å². The maximum atomic E-state index is 3.24. The Bertz CT molecular complexity index is 169. The Morgan fingerprint density at radius 2 is 2.00 bits per heavy atom. The summed E-state index contributed by atoms with van der Waals surface area (Å²) in [4.78, 5) is 0. The van der Waals surface area contributed by atoms with Crippen molar-refractivity contribution in [1.29, 1.82) is 0 Å². The van der Waals surface area contributed by atoms with E-state index in [0.29, 0.717) is 0 Å². The van der Waals surface area contributed by atoms with Crippen molar-refractivity contribution >= 4 is 5.69 Å². The normalized spacial score (nSPS) is 9.30. The SMILES string of the molecule is C[CH]CNc1ccccc1. The molecule has 1 rings (SSSR count). The lowest BCUT2D eigenvalue weighted by molar-refractivity contribution is 1.21. The Morgan fingerprint density at radius 3 is 2.60 bits per heavy atom. The Kier molecular flexibility index (Phi) is 2.81. The Hall–Kier alpha value is -0.980. The van der Waals surface area contributed by atoms with Gasteiger partial charge in [-0.25, -0.2) is 0 Å². The predicted octanol–water partition coefficient (Wildman–Crippen LogP) is 2.32. The maximum Gasteiger partial charge on any atom is 0.0340 e. The Labute approximate surface area is 62.1 Å². The first-order chi connectivity index (χ1) is 4.93. The van der Waals surface area contributed by atoms with E-state index in [1.54, 1.807) is 0 Å². The van der Waals surface area contributed by atoms with Gasteiger partial charge in [0.25, 0.3) is 0 Å². The van der Waals surface area contributed by atoms with Crippen LogP contribution in [0.5, 0.6) is 0 Å². The van der Waals surface area contributed by atoms with E-state index < -0.39 is 0 Å². The molecule has 0 aliphatic carbocycles. The second kappa shape index (κ2) is 3.94. The topological polar surface area (TPSA) is 12.0 Å². The van der Waals surface area contributed by atoms with Gasteiger partial charge >= 0.3 is 0 Å². The predicted molar refractivity (Wildman–Crippen MR) is 44.9 cm³/mol. The molecule has 10 heavy (non-hydrogen) atoms. The van der Waals surface area contributed by atoms with Gasteiger partial charge in [-0.1, -0.05) is 25.1 Å². The molecule has 1 radical (unpaired) electrons. The van der Waals surface area contributed by atoms with Crippen LogP contribution < -0.4 is 5.32 Å². The van der Waals surface area contributed by atoms with E-state index >= 15 is 0 Å². The lowest BCUT2D eigenvalue weighted by Crippen LogP contribution is -1.98. The van der Waals surface area contributed by atoms with Crippen LogP contribution in [0, 0.1) is 6.42 Å². The molecule has 1 aromatic rings. The molecule has 0 spiro atoms. The van der Waals surface area contributed by atoms with Crippen molar-refractivity contribution < 1.29 is 0 Å². The van der Waals surface area contributed by atoms with Crippen molar-refractivity contribution in [2.75, 3.05) is 11.9 Å². The van der Waals surface area contributed by atoms with E-state index in [1.165, 1.54) is 5.69 Å². The minimum absolute atomic E-state index is 0.935. The van der Waals surface area contributed by atoms with Gasteiger partial charge in [0.05, 0.1) is 0 Å². The summed E-state index contributed by atoms with van der Waals surface area (Å²) in [6.07, 6.45) is 2.09. The third-order valence-electron chi connectivity index (χ3n) is 1.28. The minimum Gasteiger partial charge on any atom is -0.385 e. The molecule has 0 aliphatic rings. The molecule has 0 atom stereocenters. The standard InChI is InChI=1S/C9H12N/c1-2-8-10-9-6-4-3-5-7-9/h2-7,10H,8H2,1H3. The van der Waals surface area contributed by atoms with Crippen molar-refractivity contribution in [2.24, 2.45) is 0 Å². The van der Waals surface area contributed by atoms with Crippen LogP contribution in [0.2, 0.25) is 0 Å². The minimum atomic E-state index is 0.935. The molecule has 0 saturated heterocycles. The first-order valence-corrected chi connectivity index (χ1v) is 3.50. The molecule has 1 aromatic carbocycles. The van der Waals surface area contributed by atoms with Gasteiger partial charge in [0.2, 0.25) is 0 Å². The molecule has 0 aliphatic heterocycles. The van der Waals surface area contributed by atoms with Gasteiger partial charge in [-0.3, -0.25) is 0 Å². The zero-order valence-corrected chi connectivity index (χ0v) is 6.17. The quantitative estimate of drug-likeness (QED) is 0.669. The molecule has 53 valence electrons. The van der Waals surface area contributed by atoms with E-state index in [4.69, 9.17) is 0 Å². The summed E-state index contributed by atoms with van der Waals surface area (Å²) < 4.78 is 0. The zero-order valence-electron chi connectivity index (χ0n) is 6.17. The number of hydrogen-bond donors (Lipinski definition) is 1. The molecule has 1 N–H and O–H groups in total. The molecule has 0 saturated carbocycles. The fraction of sp³-hybridized carbons (Fsp3) is 0.222. The van der Waals surface area contributed by atoms with Gasteiger partial charge in [0.15, 0.2) is 0 Å². The number of hydrogen-bond acceptors (Lipinski definition) is 1. The van der Waals surface area contributed by atoms with Gasteiger partial charge in [-0.15, -0.1) is 0 Å². The number of anilines is 1. The van der Waals surface area contributed by atoms with Crippen LogP contribution in [0.15, 0.2) is 30.3 Å². The van der Waals surface area contributed by atoms with Crippen LogP contribution in [0.3, 0.4) is 0 Å². The van der Waals surface area contributed by atoms with Gasteiger partial charge in [0, 0.05) is 12.2 Å². The highest BCUT2D eigenvalue weighted by Gasteiger charge is 1.84. The molecule has 0 fully saturated rings. The third-order valence-corrected chi connectivity index (χ3v) is 1.28. The monoisotopic (exact) mass is 134 g/mol. The highest BCUT2D eigenvalue weighted by atomic mass is 14.9. The molecule has 0 aromatic heterocycles. The van der Waals surface area contributed by atoms with E-state index in [1.807, 2.05) is 25.1 Å². The maximum absolute atomic E-state index is 3.24. The summed E-state index contributed by atoms with van der Waals surface area (Å²) >= 11 is 0. The van der Waals surface area contributed by atoms with Crippen LogP contribution >= 0.6 is 0 Å². The highest BCUT2D eigenvalue weighted by Crippen LogP contribution is 2.03. The molecule has 0 bridgehead atoms. The summed E-state index contributed by atoms with van der Waals surface area (Å²) in [5.74, 6) is 0. The first kappa shape index (κ1) is 7.13. The van der Waals surface area contributed by atoms with Crippen molar-refractivity contribution in [1.82, 2.24) is 0 Å². The summed E-state index contributed by atoms with van der Waals surface area (Å²) in [6.45, 7) is 2.97. The lowest BCUT2D eigenvalue weighted by Gasteiger charge is -2.01. The molecular formula is C9H12N. The fourth-order valence-electron chi connectivity index (χ4n) is 0.776. The zero-order chi connectivity index (χ0) is 7.23. The van der Waals surface area contributed by atoms with Crippen LogP contribution in [0.25, 0.3) is 0 Å². The van der Waals surface area contributed by atoms with Crippen LogP contribution in [-0.4, -0.2) is 6.54 Å². The second-order valence-electron chi connectivity index (χ2n) is 2.16. The van der Waals surface area contributed by atoms with E-state index in [9.17, 15) is 0 Å². The molecule has 0 unspecified atom stereocenters. The summed E-state index contributed by atoms with van der Waals surface area (Å²) in [7, 11) is 0. The molecular weight excluding hydrogens is 122 g/mol. The van der Waals surface area contributed by atoms with Crippen molar-refractivity contribution in [3.05, 3.63) is 36.8 Å². The lowest BCUT2D eigenvalue weighted by atomic mass is 10.3. The number of benzene rings is 1. The van der Waals surface area contributed by atoms with Gasteiger partial charge < -0.3 is 5.32 Å². The summed E-state index contributed by atoms with van der Waals surface area (Å²) in [6, 6.07) is 10.2. The van der Waals surface area contributed by atoms with Gasteiger partial charge in [-0.2, -0.15) is 0 Å². The van der Waals surface area contributed by atoms with Crippen molar-refractivity contribution in [3.8, 4) is 0 Å². The fourth-order valence-corrected chi connectivity index (χ4v) is 0.776. The molecule has 0 heterocycles. The van der Waals surface area contributed by atoms with Gasteiger partial charge in [0.1, 0.15) is 0 Å². The summed E-state index contributed by atoms with van der Waals surface area (Å²) in [5, 5.41) is 3.24. The number of nitrogens with one attached hydrogen (secondary N) is 1. The van der Waals surface area contributed by atoms with E-state index in [-0.39, 0.29) is 0 Å². The van der Waals surface area contributed by atoms with Crippen LogP contribution in [-0.2, 0) is 0 Å². The number of rotatable bonds is 3. The smallest absolute Gasteiger partial charge is 0.0340 e. The van der Waals surface area contributed by atoms with E-state index in [0.717, 1.165) is 6.54 Å². The Balaban J connectivity index is 2.43. The van der Waals surface area contributed by atoms with Crippen molar-refractivity contribution in [3.63, 3.8) is 0 Å². The summed E-state index contributed by atoms with van der Waals surface area (Å²) in [5.41, 5.74) is 1.18. The molecule has 0 amide bonds. The molecule has 1 heteroatoms. The third kappa shape index (κ3) is 2.09. The average Bonchev–Trinajstić information content (AvgIpc) is 2.03. The highest BCUT2D eigenvalue weighted by molar-refractivity contribution is 5.42. The van der Waals surface area contributed by atoms with Crippen molar-refractivity contribution in [2.45, 2.75) is 6.92 Å². The van der Waals surface area contributed by atoms with E-state index in [2.05, 4.69) is 23.9 Å². The second-order valence-corrected chi connectivity index (χ2v) is 2.16. The number of para-hydroxylation sites is 1.